The molecule has 214 valence electrons. The number of nitrogens with one attached hydrogen (secondary N) is 2. The maximum atomic E-state index is 13.7. The molecule has 1 aliphatic carbocycles. The zero-order valence-corrected chi connectivity index (χ0v) is 22.5. The topological polar surface area (TPSA) is 178 Å². The van der Waals surface area contributed by atoms with Gasteiger partial charge in [-0.2, -0.15) is 5.26 Å². The van der Waals surface area contributed by atoms with Crippen LogP contribution in [0.2, 0.25) is 0 Å². The number of aromatic nitrogens is 4. The molecule has 3 heterocycles. The molecule has 2 fully saturated rings. The molecule has 0 bridgehead atoms. The third-order valence-corrected chi connectivity index (χ3v) is 7.30. The Hall–Kier alpha value is -4.41. The summed E-state index contributed by atoms with van der Waals surface area (Å²) < 4.78 is 31.3. The molecular formula is C28H30FN7O5. The van der Waals surface area contributed by atoms with Crippen molar-refractivity contribution in [2.75, 3.05) is 25.1 Å². The summed E-state index contributed by atoms with van der Waals surface area (Å²) in [7, 11) is 0. The lowest BCUT2D eigenvalue weighted by atomic mass is 9.83. The average molecular weight is 564 g/mol. The smallest absolute Gasteiger partial charge is 0.317 e. The molecule has 1 saturated heterocycles. The van der Waals surface area contributed by atoms with E-state index in [2.05, 4.69) is 25.3 Å². The molecule has 3 aromatic rings. The number of nitrogens with zero attached hydrogens (tertiary/aromatic N) is 4. The fourth-order valence-electron chi connectivity index (χ4n) is 4.91. The van der Waals surface area contributed by atoms with Crippen molar-refractivity contribution in [2.24, 2.45) is 11.1 Å². The highest BCUT2D eigenvalue weighted by Crippen LogP contribution is 2.38. The van der Waals surface area contributed by atoms with Crippen molar-refractivity contribution in [3.05, 3.63) is 48.2 Å². The van der Waals surface area contributed by atoms with Crippen LogP contribution in [0.25, 0.3) is 22.6 Å². The lowest BCUT2D eigenvalue weighted by molar-refractivity contribution is -0.243. The van der Waals surface area contributed by atoms with E-state index in [1.165, 1.54) is 18.3 Å². The molecule has 0 unspecified atom stereocenters. The Morgan fingerprint density at radius 2 is 1.88 bits per heavy atom. The molecule has 13 heteroatoms. The fraction of sp³-hybridized carbons (Fsp3) is 0.429. The number of benzene rings is 1. The van der Waals surface area contributed by atoms with Gasteiger partial charge in [0.2, 0.25) is 12.2 Å². The normalized spacial score (nSPS) is 21.9. The summed E-state index contributed by atoms with van der Waals surface area (Å²) in [5.74, 6) is -1.09. The molecule has 1 aromatic carbocycles. The Bertz CT molecular complexity index is 1460. The quantitative estimate of drug-likeness (QED) is 0.272. The van der Waals surface area contributed by atoms with Gasteiger partial charge in [-0.15, -0.1) is 0 Å². The minimum atomic E-state index is -1.31. The van der Waals surface area contributed by atoms with Gasteiger partial charge in [-0.1, -0.05) is 6.42 Å². The number of rotatable bonds is 8. The molecule has 4 N–H and O–H groups in total. The Kier molecular flexibility index (Phi) is 7.96. The second-order valence-electron chi connectivity index (χ2n) is 10.5. The lowest BCUT2D eigenvalue weighted by Gasteiger charge is -2.39. The molecule has 1 aliphatic heterocycles. The number of imidazole rings is 1. The summed E-state index contributed by atoms with van der Waals surface area (Å²) in [6.07, 6.45) is 3.83. The third-order valence-electron chi connectivity index (χ3n) is 7.30. The van der Waals surface area contributed by atoms with Crippen molar-refractivity contribution in [3.8, 4) is 28.7 Å². The summed E-state index contributed by atoms with van der Waals surface area (Å²) in [5.41, 5.74) is 5.19. The number of halogens is 1. The monoisotopic (exact) mass is 563 g/mol. The predicted octanol–water partition coefficient (Wildman–Crippen LogP) is 3.39. The molecule has 41 heavy (non-hydrogen) atoms. The molecule has 5 rings (SSSR count). The van der Waals surface area contributed by atoms with Gasteiger partial charge in [-0.25, -0.2) is 19.3 Å². The van der Waals surface area contributed by atoms with Crippen LogP contribution in [0.15, 0.2) is 36.5 Å². The van der Waals surface area contributed by atoms with Crippen LogP contribution in [-0.2, 0) is 23.8 Å². The van der Waals surface area contributed by atoms with Gasteiger partial charge in [0.25, 0.3) is 5.91 Å². The van der Waals surface area contributed by atoms with Gasteiger partial charge in [-0.05, 0) is 62.9 Å². The van der Waals surface area contributed by atoms with Crippen molar-refractivity contribution < 1.29 is 28.2 Å². The number of hydrogen-bond donors (Lipinski definition) is 3. The predicted molar refractivity (Wildman–Crippen MR) is 143 cm³/mol. The first kappa shape index (κ1) is 28.1. The summed E-state index contributed by atoms with van der Waals surface area (Å²) >= 11 is 0. The maximum absolute atomic E-state index is 13.7. The van der Waals surface area contributed by atoms with Crippen LogP contribution in [0.5, 0.6) is 0 Å². The molecule has 0 radical (unpaired) electrons. The highest BCUT2D eigenvalue weighted by molar-refractivity contribution is 5.88. The van der Waals surface area contributed by atoms with E-state index < -0.39 is 35.0 Å². The van der Waals surface area contributed by atoms with Gasteiger partial charge in [-0.3, -0.25) is 9.59 Å². The van der Waals surface area contributed by atoms with E-state index in [9.17, 15) is 14.0 Å². The Morgan fingerprint density at radius 1 is 1.17 bits per heavy atom. The van der Waals surface area contributed by atoms with Crippen LogP contribution in [-0.4, -0.2) is 57.2 Å². The summed E-state index contributed by atoms with van der Waals surface area (Å²) in [5, 5.41) is 11.7. The number of aromatic amines is 1. The SMILES string of the molecule is CC1(C(=O)OC2(C(N)=O)CCCCC2)COC(c2nc(-c3ccc(F)cc3)c(-c3ccnc(NCC#N)n3)[nH]2)OC1. The molecule has 2 aromatic heterocycles. The van der Waals surface area contributed by atoms with Gasteiger partial charge < -0.3 is 30.2 Å². The number of hydrogen-bond acceptors (Lipinski definition) is 10. The van der Waals surface area contributed by atoms with Crippen molar-refractivity contribution in [2.45, 2.75) is 50.9 Å². The number of primary amides is 1. The van der Waals surface area contributed by atoms with E-state index in [1.54, 1.807) is 25.1 Å². The van der Waals surface area contributed by atoms with Crippen molar-refractivity contribution in [1.29, 1.82) is 5.26 Å². The number of esters is 1. The number of anilines is 1. The second kappa shape index (κ2) is 11.6. The number of nitrogens with two attached hydrogens (primary N) is 1. The van der Waals surface area contributed by atoms with Crippen LogP contribution < -0.4 is 11.1 Å². The molecule has 1 saturated carbocycles. The van der Waals surface area contributed by atoms with Crippen LogP contribution >= 0.6 is 0 Å². The first-order chi connectivity index (χ1) is 19.7. The standard InChI is InChI=1S/C28H30FN7O5/c1-27(25(38)41-28(24(31)37)10-3-2-4-11-28)15-39-23(40-16-27)22-35-20(17-5-7-18(29)8-6-17)21(36-22)19-9-13-32-26(34-19)33-14-12-30/h5-9,13,23H,2-4,10-11,14-16H2,1H3,(H2,31,37)(H,35,36)(H,32,33,34). The first-order valence-corrected chi connectivity index (χ1v) is 13.3. The Labute approximate surface area is 235 Å². The van der Waals surface area contributed by atoms with Crippen LogP contribution in [0.3, 0.4) is 0 Å². The molecule has 0 spiro atoms. The number of carbonyl (C=O) groups is 2. The van der Waals surface area contributed by atoms with Crippen LogP contribution in [0.1, 0.15) is 51.1 Å². The van der Waals surface area contributed by atoms with Crippen LogP contribution in [0.4, 0.5) is 10.3 Å². The number of amides is 1. The van der Waals surface area contributed by atoms with E-state index in [4.69, 9.17) is 25.2 Å². The minimum Gasteiger partial charge on any atom is -0.448 e. The highest BCUT2D eigenvalue weighted by Gasteiger charge is 2.48. The number of H-pyrrole nitrogens is 1. The highest BCUT2D eigenvalue weighted by atomic mass is 19.1. The zero-order chi connectivity index (χ0) is 29.0. The van der Waals surface area contributed by atoms with Crippen LogP contribution in [0, 0.1) is 22.6 Å². The second-order valence-corrected chi connectivity index (χ2v) is 10.5. The van der Waals surface area contributed by atoms with E-state index in [0.29, 0.717) is 41.3 Å². The summed E-state index contributed by atoms with van der Waals surface area (Å²) in [6, 6.07) is 9.46. The minimum absolute atomic E-state index is 0.0218. The van der Waals surface area contributed by atoms with Crippen molar-refractivity contribution in [3.63, 3.8) is 0 Å². The van der Waals surface area contributed by atoms with Gasteiger partial charge in [0.1, 0.15) is 17.8 Å². The third kappa shape index (κ3) is 5.89. The molecular weight excluding hydrogens is 533 g/mol. The van der Waals surface area contributed by atoms with Gasteiger partial charge in [0.05, 0.1) is 36.4 Å². The Balaban J connectivity index is 1.38. The van der Waals surface area contributed by atoms with E-state index >= 15 is 0 Å². The molecule has 2 aliphatic rings. The Morgan fingerprint density at radius 3 is 2.54 bits per heavy atom. The molecule has 1 amide bonds. The maximum Gasteiger partial charge on any atom is 0.317 e. The molecule has 12 nitrogen and oxygen atoms in total. The van der Waals surface area contributed by atoms with Gasteiger partial charge in [0.15, 0.2) is 11.4 Å². The largest absolute Gasteiger partial charge is 0.448 e. The fourth-order valence-corrected chi connectivity index (χ4v) is 4.91. The number of carbonyl (C=O) groups excluding carboxylic acids is 2. The van der Waals surface area contributed by atoms with Crippen molar-refractivity contribution >= 4 is 17.8 Å². The molecule has 0 atom stereocenters. The first-order valence-electron chi connectivity index (χ1n) is 13.3. The number of ether oxygens (including phenoxy) is 3. The van der Waals surface area contributed by atoms with Gasteiger partial charge >= 0.3 is 5.97 Å². The lowest BCUT2D eigenvalue weighted by Crippen LogP contribution is -2.53. The zero-order valence-electron chi connectivity index (χ0n) is 22.5. The van der Waals surface area contributed by atoms with E-state index in [-0.39, 0.29) is 25.7 Å². The van der Waals surface area contributed by atoms with E-state index in [0.717, 1.165) is 19.3 Å². The average Bonchev–Trinajstić information content (AvgIpc) is 3.43. The van der Waals surface area contributed by atoms with E-state index in [1.807, 2.05) is 6.07 Å². The van der Waals surface area contributed by atoms with Crippen molar-refractivity contribution in [1.82, 2.24) is 19.9 Å². The number of nitriles is 1. The summed E-state index contributed by atoms with van der Waals surface area (Å²) in [4.78, 5) is 41.9. The summed E-state index contributed by atoms with van der Waals surface area (Å²) in [6.45, 7) is 1.57. The van der Waals surface area contributed by atoms with Gasteiger partial charge in [0, 0.05) is 11.8 Å².